The zero-order chi connectivity index (χ0) is 18.1. The first-order chi connectivity index (χ1) is 11.2. The zero-order valence-electron chi connectivity index (χ0n) is 15.4. The van der Waals surface area contributed by atoms with E-state index in [2.05, 4.69) is 26.1 Å². The Morgan fingerprint density at radius 1 is 1.29 bits per heavy atom. The first kappa shape index (κ1) is 19.0. The van der Waals surface area contributed by atoms with E-state index in [-0.39, 0.29) is 17.2 Å². The second kappa shape index (κ2) is 7.26. The third kappa shape index (κ3) is 3.82. The number of anilines is 1. The smallest absolute Gasteiger partial charge is 0.339 e. The molecule has 0 aromatic carbocycles. The number of carbonyl (C=O) groups excluding carboxylic acids is 1. The molecule has 24 heavy (non-hydrogen) atoms. The summed E-state index contributed by atoms with van der Waals surface area (Å²) < 4.78 is 0. The van der Waals surface area contributed by atoms with Crippen LogP contribution < -0.4 is 5.32 Å². The average molecular weight is 352 g/mol. The van der Waals surface area contributed by atoms with Crippen LogP contribution in [0, 0.1) is 17.3 Å². The van der Waals surface area contributed by atoms with Crippen LogP contribution in [0.3, 0.4) is 0 Å². The minimum atomic E-state index is -0.929. The summed E-state index contributed by atoms with van der Waals surface area (Å²) in [7, 11) is 0. The fourth-order valence-corrected chi connectivity index (χ4v) is 4.84. The highest BCUT2D eigenvalue weighted by Crippen LogP contribution is 2.44. The molecule has 0 saturated heterocycles. The summed E-state index contributed by atoms with van der Waals surface area (Å²) in [6, 6.07) is 0. The fourth-order valence-electron chi connectivity index (χ4n) is 3.51. The molecule has 1 amide bonds. The molecule has 0 aliphatic heterocycles. The van der Waals surface area contributed by atoms with E-state index in [1.54, 1.807) is 0 Å². The summed E-state index contributed by atoms with van der Waals surface area (Å²) in [4.78, 5) is 25.3. The number of fused-ring (bicyclic) bond motifs is 1. The van der Waals surface area contributed by atoms with E-state index in [0.29, 0.717) is 16.5 Å². The van der Waals surface area contributed by atoms with E-state index in [9.17, 15) is 14.7 Å². The maximum atomic E-state index is 12.4. The first-order valence-corrected chi connectivity index (χ1v) is 9.69. The second-order valence-electron chi connectivity index (χ2n) is 7.82. The highest BCUT2D eigenvalue weighted by atomic mass is 32.1. The van der Waals surface area contributed by atoms with Gasteiger partial charge in [-0.1, -0.05) is 34.6 Å². The van der Waals surface area contributed by atoms with Crippen molar-refractivity contribution in [1.29, 1.82) is 0 Å². The van der Waals surface area contributed by atoms with Gasteiger partial charge in [0.15, 0.2) is 0 Å². The molecule has 0 spiro atoms. The molecule has 0 saturated carbocycles. The summed E-state index contributed by atoms with van der Waals surface area (Å²) >= 11 is 1.46. The molecule has 0 bridgehead atoms. The van der Waals surface area contributed by atoms with Gasteiger partial charge in [0.2, 0.25) is 5.91 Å². The van der Waals surface area contributed by atoms with Crippen molar-refractivity contribution >= 4 is 28.2 Å². The summed E-state index contributed by atoms with van der Waals surface area (Å²) in [6.45, 7) is 10.7. The minimum absolute atomic E-state index is 0.0616. The van der Waals surface area contributed by atoms with Crippen LogP contribution in [0.4, 0.5) is 5.00 Å². The van der Waals surface area contributed by atoms with Crippen LogP contribution in [0.5, 0.6) is 0 Å². The number of carbonyl (C=O) groups is 2. The molecule has 1 aliphatic carbocycles. The maximum absolute atomic E-state index is 12.4. The van der Waals surface area contributed by atoms with Crippen molar-refractivity contribution in [1.82, 2.24) is 0 Å². The highest BCUT2D eigenvalue weighted by Gasteiger charge is 2.34. The third-order valence-electron chi connectivity index (χ3n) is 5.30. The Bertz CT molecular complexity index is 623. The number of nitrogens with one attached hydrogen (secondary N) is 1. The van der Waals surface area contributed by atoms with Gasteiger partial charge >= 0.3 is 5.97 Å². The molecule has 0 radical (unpaired) electrons. The van der Waals surface area contributed by atoms with Crippen LogP contribution in [0.1, 0.15) is 74.7 Å². The van der Waals surface area contributed by atoms with E-state index in [1.165, 1.54) is 11.3 Å². The van der Waals surface area contributed by atoms with Crippen LogP contribution in [0.2, 0.25) is 0 Å². The van der Waals surface area contributed by atoms with E-state index in [0.717, 1.165) is 42.5 Å². The topological polar surface area (TPSA) is 66.4 Å². The predicted octanol–water partition coefficient (Wildman–Crippen LogP) is 4.97. The average Bonchev–Trinajstić information content (AvgIpc) is 2.84. The maximum Gasteiger partial charge on any atom is 0.339 e. The second-order valence-corrected chi connectivity index (χ2v) is 8.93. The van der Waals surface area contributed by atoms with Crippen molar-refractivity contribution in [2.24, 2.45) is 17.3 Å². The molecular weight excluding hydrogens is 322 g/mol. The van der Waals surface area contributed by atoms with Crippen LogP contribution in [0.25, 0.3) is 0 Å². The fraction of sp³-hybridized carbons (Fsp3) is 0.684. The lowest BCUT2D eigenvalue weighted by Gasteiger charge is -2.33. The third-order valence-corrected chi connectivity index (χ3v) is 6.47. The molecule has 1 atom stereocenters. The number of carboxylic acid groups (broad SMARTS) is 1. The van der Waals surface area contributed by atoms with Crippen LogP contribution in [0.15, 0.2) is 0 Å². The molecule has 4 nitrogen and oxygen atoms in total. The number of hydrogen-bond donors (Lipinski definition) is 2. The van der Waals surface area contributed by atoms with Gasteiger partial charge in [-0.05, 0) is 49.0 Å². The van der Waals surface area contributed by atoms with Crippen LogP contribution in [-0.4, -0.2) is 17.0 Å². The molecule has 2 rings (SSSR count). The summed E-state index contributed by atoms with van der Waals surface area (Å²) in [5.74, 6) is -0.504. The minimum Gasteiger partial charge on any atom is -0.478 e. The van der Waals surface area contributed by atoms with Crippen molar-refractivity contribution in [3.8, 4) is 0 Å². The molecule has 2 N–H and O–H groups in total. The van der Waals surface area contributed by atoms with Crippen molar-refractivity contribution in [3.05, 3.63) is 16.0 Å². The Hall–Kier alpha value is -1.36. The lowest BCUT2D eigenvalue weighted by atomic mass is 9.72. The van der Waals surface area contributed by atoms with Crippen molar-refractivity contribution in [2.45, 2.75) is 66.7 Å². The molecule has 1 aromatic heterocycles. The molecule has 1 aliphatic rings. The Morgan fingerprint density at radius 2 is 1.92 bits per heavy atom. The van der Waals surface area contributed by atoms with Gasteiger partial charge in [0.25, 0.3) is 0 Å². The summed E-state index contributed by atoms with van der Waals surface area (Å²) in [5, 5.41) is 13.1. The van der Waals surface area contributed by atoms with Gasteiger partial charge in [0.1, 0.15) is 5.00 Å². The van der Waals surface area contributed by atoms with Gasteiger partial charge < -0.3 is 10.4 Å². The number of carboxylic acids is 1. The molecule has 1 heterocycles. The molecule has 1 unspecified atom stereocenters. The standard InChI is InChI=1S/C19H29NO3S/c1-6-11(7-2)16(21)20-17-15(18(22)23)13-9-8-12(19(3,4)5)10-14(13)24-17/h11-12H,6-10H2,1-5H3,(H,20,21)(H,22,23). The van der Waals surface area contributed by atoms with Crippen LogP contribution in [-0.2, 0) is 17.6 Å². The van der Waals surface area contributed by atoms with Gasteiger partial charge in [-0.25, -0.2) is 4.79 Å². The number of amides is 1. The molecular formula is C19H29NO3S. The Morgan fingerprint density at radius 3 is 2.42 bits per heavy atom. The normalized spacial score (nSPS) is 17.7. The van der Waals surface area contributed by atoms with E-state index >= 15 is 0 Å². The number of thiophene rings is 1. The highest BCUT2D eigenvalue weighted by molar-refractivity contribution is 7.17. The number of rotatable bonds is 5. The van der Waals surface area contributed by atoms with E-state index < -0.39 is 5.97 Å². The Balaban J connectivity index is 2.32. The number of aromatic carboxylic acids is 1. The van der Waals surface area contributed by atoms with Gasteiger partial charge in [-0.2, -0.15) is 0 Å². The van der Waals surface area contributed by atoms with E-state index in [4.69, 9.17) is 0 Å². The number of hydrogen-bond acceptors (Lipinski definition) is 3. The zero-order valence-corrected chi connectivity index (χ0v) is 16.2. The first-order valence-electron chi connectivity index (χ1n) is 8.87. The lowest BCUT2D eigenvalue weighted by molar-refractivity contribution is -0.120. The van der Waals surface area contributed by atoms with Crippen LogP contribution >= 0.6 is 11.3 Å². The van der Waals surface area contributed by atoms with Gasteiger partial charge in [0.05, 0.1) is 5.56 Å². The van der Waals surface area contributed by atoms with Gasteiger partial charge in [-0.3, -0.25) is 4.79 Å². The van der Waals surface area contributed by atoms with Crippen molar-refractivity contribution in [3.63, 3.8) is 0 Å². The Labute approximate surface area is 148 Å². The monoisotopic (exact) mass is 351 g/mol. The summed E-state index contributed by atoms with van der Waals surface area (Å²) in [6.07, 6.45) is 4.23. The van der Waals surface area contributed by atoms with Gasteiger partial charge in [-0.15, -0.1) is 11.3 Å². The molecule has 5 heteroatoms. The molecule has 0 fully saturated rings. The lowest BCUT2D eigenvalue weighted by Crippen LogP contribution is -2.26. The predicted molar refractivity (Wildman–Crippen MR) is 99.0 cm³/mol. The van der Waals surface area contributed by atoms with E-state index in [1.807, 2.05) is 13.8 Å². The van der Waals surface area contributed by atoms with Gasteiger partial charge in [0, 0.05) is 10.8 Å². The Kier molecular flexibility index (Phi) is 5.74. The molecule has 1 aromatic rings. The SMILES string of the molecule is CCC(CC)C(=O)Nc1sc2c(c1C(=O)O)CCC(C(C)(C)C)C2. The largest absolute Gasteiger partial charge is 0.478 e. The summed E-state index contributed by atoms with van der Waals surface area (Å²) in [5.41, 5.74) is 1.47. The van der Waals surface area contributed by atoms with Crippen molar-refractivity contribution < 1.29 is 14.7 Å². The van der Waals surface area contributed by atoms with Crippen molar-refractivity contribution in [2.75, 3.05) is 5.32 Å². The quantitative estimate of drug-likeness (QED) is 0.787. The molecule has 134 valence electrons.